The third kappa shape index (κ3) is 6.17. The molecule has 1 aliphatic heterocycles. The van der Waals surface area contributed by atoms with E-state index in [-0.39, 0.29) is 17.9 Å². The van der Waals surface area contributed by atoms with Crippen LogP contribution in [-0.4, -0.2) is 51.1 Å². The molecule has 0 unspecified atom stereocenters. The van der Waals surface area contributed by atoms with Gasteiger partial charge >= 0.3 is 0 Å². The summed E-state index contributed by atoms with van der Waals surface area (Å²) in [5.41, 5.74) is 2.06. The van der Waals surface area contributed by atoms with Crippen LogP contribution in [0.1, 0.15) is 31.2 Å². The molecule has 1 saturated heterocycles. The number of aryl methyl sites for hydroxylation is 1. The van der Waals surface area contributed by atoms with E-state index in [9.17, 15) is 9.59 Å². The highest BCUT2D eigenvalue weighted by Crippen LogP contribution is 2.14. The first kappa shape index (κ1) is 21.1. The number of nitrogens with one attached hydrogen (secondary N) is 4. The van der Waals surface area contributed by atoms with Gasteiger partial charge < -0.3 is 24.9 Å². The number of amides is 2. The molecule has 0 aliphatic carbocycles. The van der Waals surface area contributed by atoms with Gasteiger partial charge in [0.25, 0.3) is 11.8 Å². The Hall–Kier alpha value is -2.64. The van der Waals surface area contributed by atoms with E-state index in [0.717, 1.165) is 49.6 Å². The lowest BCUT2D eigenvalue weighted by atomic mass is 10.1. The summed E-state index contributed by atoms with van der Waals surface area (Å²) in [5.74, 6) is 0.842. The van der Waals surface area contributed by atoms with Crippen LogP contribution < -0.4 is 20.4 Å². The van der Waals surface area contributed by atoms with Crippen LogP contribution in [-0.2, 0) is 16.0 Å². The van der Waals surface area contributed by atoms with E-state index in [1.807, 2.05) is 43.3 Å². The van der Waals surface area contributed by atoms with Crippen LogP contribution in [0.25, 0.3) is 0 Å². The summed E-state index contributed by atoms with van der Waals surface area (Å²) in [6.45, 7) is 8.47. The minimum atomic E-state index is -0.126. The fraction of sp³-hybridized carbons (Fsp3) is 0.455. The summed E-state index contributed by atoms with van der Waals surface area (Å²) < 4.78 is 5.33. The largest absolute Gasteiger partial charge is 0.467 e. The van der Waals surface area contributed by atoms with Crippen molar-refractivity contribution in [2.75, 3.05) is 44.6 Å². The molecule has 0 radical (unpaired) electrons. The molecule has 7 nitrogen and oxygen atoms in total. The maximum Gasteiger partial charge on any atom is 0.279 e. The van der Waals surface area contributed by atoms with E-state index in [1.54, 1.807) is 6.26 Å². The molecule has 1 atom stereocenters. The Labute approximate surface area is 172 Å². The summed E-state index contributed by atoms with van der Waals surface area (Å²) in [4.78, 5) is 27.3. The zero-order chi connectivity index (χ0) is 20.6. The molecule has 0 spiro atoms. The molecular formula is C22H32N4O3+2. The van der Waals surface area contributed by atoms with E-state index in [0.29, 0.717) is 13.1 Å². The number of rotatable bonds is 8. The Morgan fingerprint density at radius 3 is 2.28 bits per heavy atom. The minimum absolute atomic E-state index is 0.0289. The SMILES string of the molecule is CCc1ccccc1NC(=O)C[NH+]1CC[NH+](CC(=O)N[C@H](C)c2ccco2)CC1. The summed E-state index contributed by atoms with van der Waals surface area (Å²) in [6.07, 6.45) is 2.51. The summed E-state index contributed by atoms with van der Waals surface area (Å²) >= 11 is 0. The third-order valence-corrected chi connectivity index (χ3v) is 5.51. The van der Waals surface area contributed by atoms with Gasteiger partial charge in [-0.3, -0.25) is 9.59 Å². The monoisotopic (exact) mass is 400 g/mol. The molecule has 4 N–H and O–H groups in total. The second kappa shape index (κ2) is 10.2. The van der Waals surface area contributed by atoms with Crippen LogP contribution in [0.4, 0.5) is 5.69 Å². The van der Waals surface area contributed by atoms with E-state index >= 15 is 0 Å². The molecule has 3 rings (SSSR count). The first-order chi connectivity index (χ1) is 14.0. The van der Waals surface area contributed by atoms with Crippen LogP contribution in [0.2, 0.25) is 0 Å². The number of piperazine rings is 1. The lowest BCUT2D eigenvalue weighted by Gasteiger charge is -2.29. The lowest BCUT2D eigenvalue weighted by molar-refractivity contribution is -1.00. The molecule has 1 aliphatic rings. The predicted octanol–water partition coefficient (Wildman–Crippen LogP) is -0.559. The smallest absolute Gasteiger partial charge is 0.279 e. The number of anilines is 1. The van der Waals surface area contributed by atoms with Crippen molar-refractivity contribution >= 4 is 17.5 Å². The van der Waals surface area contributed by atoms with E-state index in [4.69, 9.17) is 4.42 Å². The number of carbonyl (C=O) groups is 2. The van der Waals surface area contributed by atoms with Gasteiger partial charge in [-0.25, -0.2) is 0 Å². The number of quaternary nitrogens is 2. The van der Waals surface area contributed by atoms with Gasteiger partial charge in [0.05, 0.1) is 12.3 Å². The minimum Gasteiger partial charge on any atom is -0.467 e. The van der Waals surface area contributed by atoms with E-state index in [2.05, 4.69) is 17.6 Å². The molecule has 7 heteroatoms. The van der Waals surface area contributed by atoms with Crippen LogP contribution in [0, 0.1) is 0 Å². The van der Waals surface area contributed by atoms with Crippen molar-refractivity contribution in [1.82, 2.24) is 5.32 Å². The van der Waals surface area contributed by atoms with Gasteiger partial charge in [-0.1, -0.05) is 25.1 Å². The van der Waals surface area contributed by atoms with Gasteiger partial charge in [0, 0.05) is 5.69 Å². The Morgan fingerprint density at radius 2 is 1.66 bits per heavy atom. The van der Waals surface area contributed by atoms with E-state index in [1.165, 1.54) is 9.80 Å². The number of benzene rings is 1. The van der Waals surface area contributed by atoms with Crippen molar-refractivity contribution in [1.29, 1.82) is 0 Å². The molecule has 2 amide bonds. The zero-order valence-electron chi connectivity index (χ0n) is 17.3. The molecule has 2 heterocycles. The zero-order valence-corrected chi connectivity index (χ0v) is 17.3. The van der Waals surface area contributed by atoms with Gasteiger partial charge in [-0.05, 0) is 37.1 Å². The Balaban J connectivity index is 1.38. The van der Waals surface area contributed by atoms with Crippen molar-refractivity contribution in [3.8, 4) is 0 Å². The molecule has 1 aromatic heterocycles. The van der Waals surface area contributed by atoms with Gasteiger partial charge in [0.2, 0.25) is 0 Å². The Kier molecular flexibility index (Phi) is 7.43. The average molecular weight is 401 g/mol. The maximum absolute atomic E-state index is 12.4. The van der Waals surface area contributed by atoms with Gasteiger partial charge in [-0.15, -0.1) is 0 Å². The summed E-state index contributed by atoms with van der Waals surface area (Å²) in [5, 5.41) is 6.03. The van der Waals surface area contributed by atoms with Crippen molar-refractivity contribution in [3.05, 3.63) is 54.0 Å². The first-order valence-electron chi connectivity index (χ1n) is 10.4. The van der Waals surface area contributed by atoms with Crippen molar-refractivity contribution in [3.63, 3.8) is 0 Å². The number of carbonyl (C=O) groups excluding carboxylic acids is 2. The number of hydrogen-bond donors (Lipinski definition) is 4. The number of furan rings is 1. The molecule has 29 heavy (non-hydrogen) atoms. The Morgan fingerprint density at radius 1 is 1.00 bits per heavy atom. The highest BCUT2D eigenvalue weighted by molar-refractivity contribution is 5.92. The van der Waals surface area contributed by atoms with E-state index < -0.39 is 0 Å². The summed E-state index contributed by atoms with van der Waals surface area (Å²) in [7, 11) is 0. The fourth-order valence-electron chi connectivity index (χ4n) is 3.81. The van der Waals surface area contributed by atoms with Gasteiger partial charge in [-0.2, -0.15) is 0 Å². The molecule has 0 bridgehead atoms. The van der Waals surface area contributed by atoms with Crippen molar-refractivity contribution in [2.45, 2.75) is 26.3 Å². The molecule has 1 fully saturated rings. The second-order valence-corrected chi connectivity index (χ2v) is 7.72. The summed E-state index contributed by atoms with van der Waals surface area (Å²) in [6, 6.07) is 11.5. The quantitative estimate of drug-likeness (QED) is 0.480. The number of para-hydroxylation sites is 1. The molecule has 1 aromatic carbocycles. The highest BCUT2D eigenvalue weighted by atomic mass is 16.3. The van der Waals surface area contributed by atoms with Crippen molar-refractivity contribution in [2.24, 2.45) is 0 Å². The van der Waals surface area contributed by atoms with Crippen LogP contribution in [0.3, 0.4) is 0 Å². The normalized spacial score (nSPS) is 20.1. The average Bonchev–Trinajstić information content (AvgIpc) is 3.25. The molecule has 2 aromatic rings. The van der Waals surface area contributed by atoms with Gasteiger partial charge in [0.15, 0.2) is 13.1 Å². The topological polar surface area (TPSA) is 80.2 Å². The van der Waals surface area contributed by atoms with Crippen LogP contribution >= 0.6 is 0 Å². The number of hydrogen-bond acceptors (Lipinski definition) is 3. The first-order valence-corrected chi connectivity index (χ1v) is 10.4. The second-order valence-electron chi connectivity index (χ2n) is 7.72. The predicted molar refractivity (Wildman–Crippen MR) is 111 cm³/mol. The molecule has 0 saturated carbocycles. The maximum atomic E-state index is 12.4. The molecule has 156 valence electrons. The third-order valence-electron chi connectivity index (χ3n) is 5.51. The van der Waals surface area contributed by atoms with Crippen LogP contribution in [0.5, 0.6) is 0 Å². The fourth-order valence-corrected chi connectivity index (χ4v) is 3.81. The molecular weight excluding hydrogens is 368 g/mol. The van der Waals surface area contributed by atoms with Crippen molar-refractivity contribution < 1.29 is 23.8 Å². The highest BCUT2D eigenvalue weighted by Gasteiger charge is 2.27. The Bertz CT molecular complexity index is 798. The standard InChI is InChI=1S/C22H30N4O3/c1-3-18-7-4-5-8-19(18)24-22(28)16-26-12-10-25(11-13-26)15-21(27)23-17(2)20-9-6-14-29-20/h4-9,14,17H,3,10-13,15-16H2,1-2H3,(H,23,27)(H,24,28)/p+2/t17-/m1/s1. The van der Waals surface area contributed by atoms with Crippen LogP contribution in [0.15, 0.2) is 47.1 Å². The lowest BCUT2D eigenvalue weighted by Crippen LogP contribution is -3.28. The van der Waals surface area contributed by atoms with Gasteiger partial charge in [0.1, 0.15) is 31.9 Å².